The summed E-state index contributed by atoms with van der Waals surface area (Å²) in [6, 6.07) is 4.41. The van der Waals surface area contributed by atoms with E-state index in [0.717, 1.165) is 17.3 Å². The normalized spacial score (nSPS) is 22.0. The Labute approximate surface area is 240 Å². The first-order valence-corrected chi connectivity index (χ1v) is 15.0. The van der Waals surface area contributed by atoms with Gasteiger partial charge < -0.3 is 0 Å². The van der Waals surface area contributed by atoms with Gasteiger partial charge in [0.2, 0.25) is 5.95 Å². The van der Waals surface area contributed by atoms with Crippen molar-refractivity contribution < 1.29 is 22.0 Å². The maximum Gasteiger partial charge on any atom is 0.282 e. The molecule has 4 heterocycles. The Kier molecular flexibility index (Phi) is 6.17. The zero-order chi connectivity index (χ0) is 29.2. The second kappa shape index (κ2) is 9.70. The van der Waals surface area contributed by atoms with Crippen LogP contribution in [-0.4, -0.2) is 64.9 Å². The predicted octanol–water partition coefficient (Wildman–Crippen LogP) is 3.28. The smallest absolute Gasteiger partial charge is 0.282 e. The maximum atomic E-state index is 14.4. The fourth-order valence-corrected chi connectivity index (χ4v) is 8.08. The second-order valence-electron chi connectivity index (χ2n) is 11.1. The molecule has 4 aromatic rings. The van der Waals surface area contributed by atoms with Crippen LogP contribution in [0.4, 0.5) is 8.78 Å². The lowest BCUT2D eigenvalue weighted by molar-refractivity contribution is 0.0731. The van der Waals surface area contributed by atoms with Crippen LogP contribution in [-0.2, 0) is 23.5 Å². The van der Waals surface area contributed by atoms with Crippen molar-refractivity contribution in [1.82, 2.24) is 38.6 Å². The van der Waals surface area contributed by atoms with Crippen molar-refractivity contribution in [2.75, 3.05) is 0 Å². The Hall–Kier alpha value is -4.17. The molecule has 2 atom stereocenters. The molecule has 3 aliphatic carbocycles. The molecule has 11 nitrogen and oxygen atoms in total. The molecule has 7 rings (SSSR count). The van der Waals surface area contributed by atoms with Crippen molar-refractivity contribution in [3.8, 4) is 5.69 Å². The summed E-state index contributed by atoms with van der Waals surface area (Å²) in [6.07, 6.45) is 10.1. The number of hydrogen-bond acceptors (Lipinski definition) is 8. The van der Waals surface area contributed by atoms with E-state index in [1.54, 1.807) is 24.0 Å². The minimum atomic E-state index is -4.05. The lowest BCUT2D eigenvalue weighted by Crippen LogP contribution is -2.51. The number of carbonyl (C=O) groups is 1. The molecule has 0 spiro atoms. The van der Waals surface area contributed by atoms with Gasteiger partial charge in [-0.25, -0.2) is 27.8 Å². The van der Waals surface area contributed by atoms with E-state index in [-0.39, 0.29) is 35.5 Å². The van der Waals surface area contributed by atoms with E-state index in [1.807, 2.05) is 6.08 Å². The van der Waals surface area contributed by atoms with Gasteiger partial charge in [-0.05, 0) is 56.4 Å². The van der Waals surface area contributed by atoms with Crippen LogP contribution in [0.1, 0.15) is 54.0 Å². The third-order valence-corrected chi connectivity index (χ3v) is 10.1. The number of hydrogen-bond donors (Lipinski definition) is 0. The molecule has 0 bridgehead atoms. The number of rotatable bonds is 7. The number of carbonyl (C=O) groups excluding carboxylic acids is 1. The number of aromatic nitrogens is 7. The SMILES string of the molecule is Cn1cnc(S(=O)(=O)N(C2CC2)[C@H]2CCC3=Cc4c(ncn4-c4ccc(F)nc4)C[C@]3(C(=O)c3cc(F)ccn3)C2)n1. The molecule has 0 unspecified atom stereocenters. The Balaban J connectivity index is 1.32. The lowest BCUT2D eigenvalue weighted by atomic mass is 9.61. The average molecular weight is 593 g/mol. The first-order chi connectivity index (χ1) is 20.2. The number of Topliss-reactive ketones (excluding diaryl/α,β-unsaturated/α-hetero) is 1. The monoisotopic (exact) mass is 592 g/mol. The third-order valence-electron chi connectivity index (χ3n) is 8.34. The van der Waals surface area contributed by atoms with E-state index < -0.39 is 33.2 Å². The van der Waals surface area contributed by atoms with Crippen LogP contribution in [0, 0.1) is 17.2 Å². The van der Waals surface area contributed by atoms with Gasteiger partial charge in [-0.1, -0.05) is 5.57 Å². The Morgan fingerprint density at radius 3 is 2.57 bits per heavy atom. The molecule has 2 saturated carbocycles. The molecule has 42 heavy (non-hydrogen) atoms. The van der Waals surface area contributed by atoms with Crippen LogP contribution in [0.5, 0.6) is 0 Å². The molecule has 0 N–H and O–H groups in total. The molecular weight excluding hydrogens is 566 g/mol. The molecule has 14 heteroatoms. The number of sulfonamides is 1. The van der Waals surface area contributed by atoms with Crippen LogP contribution >= 0.6 is 0 Å². The van der Waals surface area contributed by atoms with Gasteiger partial charge in [0.05, 0.1) is 28.7 Å². The third kappa shape index (κ3) is 4.36. The van der Waals surface area contributed by atoms with E-state index >= 15 is 0 Å². The molecule has 4 aromatic heterocycles. The summed E-state index contributed by atoms with van der Waals surface area (Å²) in [5, 5.41) is 3.80. The summed E-state index contributed by atoms with van der Waals surface area (Å²) in [4.78, 5) is 30.9. The zero-order valence-electron chi connectivity index (χ0n) is 22.6. The van der Waals surface area contributed by atoms with Crippen LogP contribution in [0.25, 0.3) is 11.8 Å². The van der Waals surface area contributed by atoms with E-state index in [9.17, 15) is 22.0 Å². The number of imidazole rings is 1. The largest absolute Gasteiger partial charge is 0.298 e. The van der Waals surface area contributed by atoms with Gasteiger partial charge in [-0.15, -0.1) is 5.10 Å². The number of nitrogens with zero attached hydrogens (tertiary/aromatic N) is 8. The topological polar surface area (TPSA) is 129 Å². The maximum absolute atomic E-state index is 14.4. The van der Waals surface area contributed by atoms with Gasteiger partial charge in [0.25, 0.3) is 15.2 Å². The van der Waals surface area contributed by atoms with E-state index in [1.165, 1.54) is 39.8 Å². The highest BCUT2D eigenvalue weighted by atomic mass is 32.2. The highest BCUT2D eigenvalue weighted by molar-refractivity contribution is 7.89. The van der Waals surface area contributed by atoms with E-state index in [0.29, 0.717) is 37.1 Å². The number of allylic oxidation sites excluding steroid dienone is 1. The summed E-state index contributed by atoms with van der Waals surface area (Å²) < 4.78 is 60.1. The molecule has 0 amide bonds. The Morgan fingerprint density at radius 1 is 1.05 bits per heavy atom. The highest BCUT2D eigenvalue weighted by Crippen LogP contribution is 2.52. The van der Waals surface area contributed by atoms with Gasteiger partial charge in [0.15, 0.2) is 5.78 Å². The molecule has 2 fully saturated rings. The fourth-order valence-electron chi connectivity index (χ4n) is 6.31. The summed E-state index contributed by atoms with van der Waals surface area (Å²) in [5.41, 5.74) is 1.52. The van der Waals surface area contributed by atoms with E-state index in [4.69, 9.17) is 0 Å². The molecular formula is C28H26F2N8O3S. The highest BCUT2D eigenvalue weighted by Gasteiger charge is 2.54. The molecule has 0 radical (unpaired) electrons. The van der Waals surface area contributed by atoms with Crippen molar-refractivity contribution in [2.24, 2.45) is 12.5 Å². The molecule has 216 valence electrons. The van der Waals surface area contributed by atoms with Crippen LogP contribution < -0.4 is 0 Å². The van der Waals surface area contributed by atoms with E-state index in [2.05, 4.69) is 25.0 Å². The Bertz CT molecular complexity index is 1850. The fraction of sp³-hybridized carbons (Fsp3) is 0.357. The summed E-state index contributed by atoms with van der Waals surface area (Å²) in [5.74, 6) is -1.57. The predicted molar refractivity (Wildman–Crippen MR) is 145 cm³/mol. The lowest BCUT2D eigenvalue weighted by Gasteiger charge is -2.46. The number of aryl methyl sites for hydroxylation is 1. The first kappa shape index (κ1) is 26.7. The summed E-state index contributed by atoms with van der Waals surface area (Å²) >= 11 is 0. The number of pyridine rings is 2. The van der Waals surface area contributed by atoms with Crippen molar-refractivity contribution >= 4 is 21.9 Å². The minimum absolute atomic E-state index is 0.0283. The standard InChI is InChI=1S/C28H26F2N8O3S/c1-36-15-34-27(35-36)42(40,41)38(19-4-5-19)20-3-2-17-10-24-23(33-16-37(24)21-6-7-25(30)32-14-21)13-28(17,12-20)26(39)22-11-18(29)8-9-31-22/h6-11,14-16,19-20H,2-5,12-13H2,1H3/t20-,28+/m0/s1. The van der Waals surface area contributed by atoms with Crippen molar-refractivity contribution in [3.05, 3.63) is 83.7 Å². The summed E-state index contributed by atoms with van der Waals surface area (Å²) in [7, 11) is -2.44. The molecule has 0 aliphatic heterocycles. The minimum Gasteiger partial charge on any atom is -0.298 e. The second-order valence-corrected chi connectivity index (χ2v) is 12.8. The van der Waals surface area contributed by atoms with Gasteiger partial charge >= 0.3 is 0 Å². The summed E-state index contributed by atoms with van der Waals surface area (Å²) in [6.45, 7) is 0. The number of fused-ring (bicyclic) bond motifs is 2. The number of halogens is 2. The van der Waals surface area contributed by atoms with Crippen LogP contribution in [0.3, 0.4) is 0 Å². The van der Waals surface area contributed by atoms with Gasteiger partial charge in [0, 0.05) is 37.8 Å². The van der Waals surface area contributed by atoms with Crippen molar-refractivity contribution in [2.45, 2.75) is 55.8 Å². The average Bonchev–Trinajstić information content (AvgIpc) is 3.55. The molecule has 0 aromatic carbocycles. The van der Waals surface area contributed by atoms with Crippen LogP contribution in [0.2, 0.25) is 0 Å². The first-order valence-electron chi connectivity index (χ1n) is 13.6. The zero-order valence-corrected chi connectivity index (χ0v) is 23.4. The number of ketones is 1. The van der Waals surface area contributed by atoms with Gasteiger partial charge in [-0.2, -0.15) is 8.70 Å². The molecule has 3 aliphatic rings. The molecule has 0 saturated heterocycles. The van der Waals surface area contributed by atoms with Crippen molar-refractivity contribution in [1.29, 1.82) is 0 Å². The van der Waals surface area contributed by atoms with Crippen LogP contribution in [0.15, 0.2) is 60.0 Å². The quantitative estimate of drug-likeness (QED) is 0.236. The van der Waals surface area contributed by atoms with Gasteiger partial charge in [0.1, 0.15) is 24.2 Å². The van der Waals surface area contributed by atoms with Gasteiger partial charge in [-0.3, -0.25) is 19.0 Å². The van der Waals surface area contributed by atoms with Crippen molar-refractivity contribution in [3.63, 3.8) is 0 Å². The Morgan fingerprint density at radius 2 is 1.88 bits per heavy atom.